The van der Waals surface area contributed by atoms with Crippen molar-refractivity contribution < 1.29 is 38.0 Å². The highest BCUT2D eigenvalue weighted by molar-refractivity contribution is 6.08. The minimum Gasteiger partial charge on any atom is -0.496 e. The summed E-state index contributed by atoms with van der Waals surface area (Å²) in [5.74, 6) is -0.110. The van der Waals surface area contributed by atoms with E-state index in [0.29, 0.717) is 40.5 Å². The van der Waals surface area contributed by atoms with Gasteiger partial charge in [0.05, 0.1) is 25.1 Å². The van der Waals surface area contributed by atoms with Gasteiger partial charge < -0.3 is 40.0 Å². The summed E-state index contributed by atoms with van der Waals surface area (Å²) in [6, 6.07) is 12.1. The van der Waals surface area contributed by atoms with Crippen LogP contribution < -0.4 is 30.2 Å². The third-order valence-corrected chi connectivity index (χ3v) is 7.24. The van der Waals surface area contributed by atoms with Crippen LogP contribution in [0.5, 0.6) is 17.2 Å². The SMILES string of the molecule is CC[C@H](OC(=O)[C@@H](N)CO)Oc1ccc(-c2ccc3c(c2COc2cc(F)ccc2C)N(C)C(=O)C(C)(C)N3)c(OC)c1. The number of ether oxygens (including phenoxy) is 4. The average Bonchev–Trinajstić information content (AvgIpc) is 2.99. The standard InChI is InChI=1S/C32H38FN3O7/c1-7-28(43-30(38)24(34)16-37)42-20-10-11-22(27(15-20)40-6)21-12-13-25-29(36(5)31(39)32(3,4)35-25)23(21)17-41-26-14-19(33)9-8-18(26)2/h8-15,24,28,35,37H,7,16-17,34H2,1-6H3/t24-,28-/m0/s1. The molecule has 1 amide bonds. The van der Waals surface area contributed by atoms with E-state index in [1.807, 2.05) is 32.9 Å². The van der Waals surface area contributed by atoms with Crippen LogP contribution in [0.3, 0.4) is 0 Å². The predicted octanol–water partition coefficient (Wildman–Crippen LogP) is 4.53. The number of benzene rings is 3. The lowest BCUT2D eigenvalue weighted by Gasteiger charge is -2.39. The molecule has 0 unspecified atom stereocenters. The maximum absolute atomic E-state index is 14.1. The number of carbonyl (C=O) groups excluding carboxylic acids is 2. The number of amides is 1. The lowest BCUT2D eigenvalue weighted by Crippen LogP contribution is -2.52. The van der Waals surface area contributed by atoms with E-state index in [0.717, 1.165) is 16.8 Å². The van der Waals surface area contributed by atoms with E-state index in [1.54, 1.807) is 43.1 Å². The van der Waals surface area contributed by atoms with E-state index in [-0.39, 0.29) is 12.5 Å². The molecule has 0 spiro atoms. The van der Waals surface area contributed by atoms with Gasteiger partial charge in [0.15, 0.2) is 0 Å². The van der Waals surface area contributed by atoms with Crippen molar-refractivity contribution in [2.24, 2.45) is 5.73 Å². The number of esters is 1. The molecule has 4 rings (SSSR count). The molecule has 1 aliphatic rings. The number of aliphatic hydroxyl groups excluding tert-OH is 1. The average molecular weight is 596 g/mol. The Labute approximate surface area is 250 Å². The zero-order valence-electron chi connectivity index (χ0n) is 25.2. The molecule has 1 aliphatic heterocycles. The van der Waals surface area contributed by atoms with Crippen molar-refractivity contribution in [2.75, 3.05) is 31.0 Å². The summed E-state index contributed by atoms with van der Waals surface area (Å²) in [5.41, 5.74) is 8.98. The molecule has 0 fully saturated rings. The summed E-state index contributed by atoms with van der Waals surface area (Å²) >= 11 is 0. The number of nitrogens with two attached hydrogens (primary N) is 1. The molecule has 0 aliphatic carbocycles. The van der Waals surface area contributed by atoms with Crippen LogP contribution in [-0.4, -0.2) is 55.6 Å². The van der Waals surface area contributed by atoms with Crippen molar-refractivity contribution >= 4 is 23.3 Å². The van der Waals surface area contributed by atoms with E-state index in [4.69, 9.17) is 29.8 Å². The highest BCUT2D eigenvalue weighted by Crippen LogP contribution is 2.45. The Morgan fingerprint density at radius 2 is 1.84 bits per heavy atom. The topological polar surface area (TPSA) is 133 Å². The normalized spacial score (nSPS) is 15.2. The second-order valence-electron chi connectivity index (χ2n) is 10.8. The molecule has 3 aromatic carbocycles. The number of hydrogen-bond acceptors (Lipinski definition) is 9. The van der Waals surface area contributed by atoms with Gasteiger partial charge in [-0.1, -0.05) is 19.1 Å². The van der Waals surface area contributed by atoms with Gasteiger partial charge in [-0.2, -0.15) is 0 Å². The fourth-order valence-corrected chi connectivity index (χ4v) is 4.91. The van der Waals surface area contributed by atoms with Crippen LogP contribution >= 0.6 is 0 Å². The number of aliphatic hydroxyl groups is 1. The Balaban J connectivity index is 1.76. The van der Waals surface area contributed by atoms with Gasteiger partial charge >= 0.3 is 5.97 Å². The molecule has 0 aromatic heterocycles. The van der Waals surface area contributed by atoms with Gasteiger partial charge in [-0.3, -0.25) is 9.59 Å². The van der Waals surface area contributed by atoms with Crippen LogP contribution in [0.25, 0.3) is 11.1 Å². The van der Waals surface area contributed by atoms with Gasteiger partial charge in [-0.25, -0.2) is 4.39 Å². The van der Waals surface area contributed by atoms with Gasteiger partial charge in [0.1, 0.15) is 41.3 Å². The number of nitrogens with one attached hydrogen (secondary N) is 1. The minimum absolute atomic E-state index is 0.0307. The molecule has 0 radical (unpaired) electrons. The first-order valence-corrected chi connectivity index (χ1v) is 13.9. The summed E-state index contributed by atoms with van der Waals surface area (Å²) in [5, 5.41) is 12.5. The van der Waals surface area contributed by atoms with Gasteiger partial charge in [-0.05, 0) is 56.2 Å². The second kappa shape index (κ2) is 12.9. The molecule has 11 heteroatoms. The number of halogens is 1. The van der Waals surface area contributed by atoms with Crippen LogP contribution in [-0.2, 0) is 20.9 Å². The van der Waals surface area contributed by atoms with E-state index in [9.17, 15) is 14.0 Å². The first kappa shape index (κ1) is 31.6. The summed E-state index contributed by atoms with van der Waals surface area (Å²) in [6.45, 7) is 6.72. The smallest absolute Gasteiger partial charge is 0.328 e. The molecule has 0 bridgehead atoms. The van der Waals surface area contributed by atoms with Crippen molar-refractivity contribution in [1.82, 2.24) is 0 Å². The Morgan fingerprint density at radius 1 is 1.12 bits per heavy atom. The molecule has 2 atom stereocenters. The Morgan fingerprint density at radius 3 is 2.51 bits per heavy atom. The molecule has 43 heavy (non-hydrogen) atoms. The highest BCUT2D eigenvalue weighted by atomic mass is 19.1. The molecule has 3 aromatic rings. The predicted molar refractivity (Wildman–Crippen MR) is 161 cm³/mol. The Hall–Kier alpha value is -4.35. The van der Waals surface area contributed by atoms with E-state index in [1.165, 1.54) is 19.2 Å². The van der Waals surface area contributed by atoms with E-state index >= 15 is 0 Å². The number of fused-ring (bicyclic) bond motifs is 1. The van der Waals surface area contributed by atoms with Crippen molar-refractivity contribution in [1.29, 1.82) is 0 Å². The fraction of sp³-hybridized carbons (Fsp3) is 0.375. The van der Waals surface area contributed by atoms with Crippen LogP contribution in [0.4, 0.5) is 15.8 Å². The van der Waals surface area contributed by atoms with Crippen molar-refractivity contribution in [3.05, 3.63) is 65.5 Å². The number of likely N-dealkylation sites (N-methyl/N-ethyl adjacent to an activating group) is 1. The Bertz CT molecular complexity index is 1510. The van der Waals surface area contributed by atoms with Crippen molar-refractivity contribution in [2.45, 2.75) is 58.6 Å². The molecular formula is C32H38FN3O7. The van der Waals surface area contributed by atoms with E-state index in [2.05, 4.69) is 5.32 Å². The summed E-state index contributed by atoms with van der Waals surface area (Å²) < 4.78 is 37.1. The number of nitrogens with zero attached hydrogens (tertiary/aromatic N) is 1. The van der Waals surface area contributed by atoms with Crippen molar-refractivity contribution in [3.8, 4) is 28.4 Å². The molecule has 4 N–H and O–H groups in total. The number of anilines is 2. The van der Waals surface area contributed by atoms with Gasteiger partial charge in [0.25, 0.3) is 5.91 Å². The summed E-state index contributed by atoms with van der Waals surface area (Å²) in [7, 11) is 3.23. The Kier molecular flexibility index (Phi) is 9.46. The third-order valence-electron chi connectivity index (χ3n) is 7.24. The quantitative estimate of drug-likeness (QED) is 0.216. The molecule has 0 saturated carbocycles. The number of rotatable bonds is 11. The molecule has 1 heterocycles. The van der Waals surface area contributed by atoms with E-state index < -0.39 is 36.3 Å². The lowest BCUT2D eigenvalue weighted by atomic mass is 9.91. The summed E-state index contributed by atoms with van der Waals surface area (Å²) in [6.07, 6.45) is -0.597. The third kappa shape index (κ3) is 6.68. The number of methoxy groups -OCH3 is 1. The maximum Gasteiger partial charge on any atom is 0.328 e. The lowest BCUT2D eigenvalue weighted by molar-refractivity contribution is -0.166. The van der Waals surface area contributed by atoms with Crippen molar-refractivity contribution in [3.63, 3.8) is 0 Å². The fourth-order valence-electron chi connectivity index (χ4n) is 4.91. The van der Waals surface area contributed by atoms with Crippen LogP contribution in [0, 0.1) is 12.7 Å². The molecule has 230 valence electrons. The number of carbonyl (C=O) groups is 2. The van der Waals surface area contributed by atoms with Crippen LogP contribution in [0.15, 0.2) is 48.5 Å². The molecule has 10 nitrogen and oxygen atoms in total. The zero-order chi connectivity index (χ0) is 31.5. The molecule has 0 saturated heterocycles. The van der Waals surface area contributed by atoms with Crippen LogP contribution in [0.1, 0.15) is 38.3 Å². The van der Waals surface area contributed by atoms with Crippen LogP contribution in [0.2, 0.25) is 0 Å². The zero-order valence-corrected chi connectivity index (χ0v) is 25.2. The first-order chi connectivity index (χ1) is 20.4. The largest absolute Gasteiger partial charge is 0.496 e. The van der Waals surface area contributed by atoms with Gasteiger partial charge in [0.2, 0.25) is 6.29 Å². The highest BCUT2D eigenvalue weighted by Gasteiger charge is 2.39. The molecular weight excluding hydrogens is 557 g/mol. The minimum atomic E-state index is -1.17. The summed E-state index contributed by atoms with van der Waals surface area (Å²) in [4.78, 5) is 27.0. The monoisotopic (exact) mass is 595 g/mol. The number of aryl methyl sites for hydroxylation is 1. The first-order valence-electron chi connectivity index (χ1n) is 13.9. The van der Waals surface area contributed by atoms with Gasteiger partial charge in [-0.15, -0.1) is 0 Å². The number of hydrogen-bond donors (Lipinski definition) is 3. The maximum atomic E-state index is 14.1. The second-order valence-corrected chi connectivity index (χ2v) is 10.8. The van der Waals surface area contributed by atoms with Gasteiger partial charge in [0, 0.05) is 36.7 Å².